The summed E-state index contributed by atoms with van der Waals surface area (Å²) in [6.07, 6.45) is 0. The van der Waals surface area contributed by atoms with Crippen LogP contribution < -0.4 is 4.90 Å². The molecular formula is C17H15BrCl2N2O. The Morgan fingerprint density at radius 1 is 1.00 bits per heavy atom. The number of anilines is 1. The highest BCUT2D eigenvalue weighted by molar-refractivity contribution is 9.10. The van der Waals surface area contributed by atoms with E-state index in [1.807, 2.05) is 35.2 Å². The van der Waals surface area contributed by atoms with Crippen molar-refractivity contribution in [3.63, 3.8) is 0 Å². The maximum Gasteiger partial charge on any atom is 0.255 e. The van der Waals surface area contributed by atoms with Crippen LogP contribution in [-0.2, 0) is 0 Å². The van der Waals surface area contributed by atoms with Crippen LogP contribution in [0.25, 0.3) is 0 Å². The zero-order valence-electron chi connectivity index (χ0n) is 12.3. The smallest absolute Gasteiger partial charge is 0.255 e. The first-order chi connectivity index (χ1) is 11.0. The second kappa shape index (κ2) is 7.12. The van der Waals surface area contributed by atoms with Gasteiger partial charge in [0.25, 0.3) is 5.91 Å². The summed E-state index contributed by atoms with van der Waals surface area (Å²) in [5.41, 5.74) is 1.63. The number of hydrogen-bond donors (Lipinski definition) is 0. The molecule has 3 nitrogen and oxygen atoms in total. The molecule has 1 heterocycles. The van der Waals surface area contributed by atoms with Gasteiger partial charge in [0.05, 0.1) is 10.6 Å². The predicted octanol–water partition coefficient (Wildman–Crippen LogP) is 4.72. The summed E-state index contributed by atoms with van der Waals surface area (Å²) >= 11 is 15.6. The number of piperazine rings is 1. The molecule has 0 N–H and O–H groups in total. The lowest BCUT2D eigenvalue weighted by atomic mass is 10.1. The Kier molecular flexibility index (Phi) is 5.14. The monoisotopic (exact) mass is 412 g/mol. The Morgan fingerprint density at radius 3 is 2.43 bits per heavy atom. The quantitative estimate of drug-likeness (QED) is 0.711. The minimum absolute atomic E-state index is 0.0259. The van der Waals surface area contributed by atoms with Gasteiger partial charge in [0.15, 0.2) is 0 Å². The van der Waals surface area contributed by atoms with Gasteiger partial charge in [-0.05, 0) is 36.4 Å². The number of carbonyl (C=O) groups excluding carboxylic acids is 1. The summed E-state index contributed by atoms with van der Waals surface area (Å²) < 4.78 is 0.850. The van der Waals surface area contributed by atoms with Gasteiger partial charge in [-0.15, -0.1) is 0 Å². The maximum atomic E-state index is 12.7. The standard InChI is InChI=1S/C17H15BrCl2N2O/c18-12-4-5-16(20)15(10-12)17(23)22-8-6-21(7-9-22)14-3-1-2-13(19)11-14/h1-5,10-11H,6-9H2. The predicted molar refractivity (Wildman–Crippen MR) is 98.7 cm³/mol. The molecule has 0 aromatic heterocycles. The molecule has 1 saturated heterocycles. The van der Waals surface area contributed by atoms with E-state index in [1.165, 1.54) is 0 Å². The summed E-state index contributed by atoms with van der Waals surface area (Å²) in [7, 11) is 0. The summed E-state index contributed by atoms with van der Waals surface area (Å²) in [6.45, 7) is 2.87. The van der Waals surface area contributed by atoms with Crippen molar-refractivity contribution >= 4 is 50.7 Å². The number of hydrogen-bond acceptors (Lipinski definition) is 2. The first kappa shape index (κ1) is 16.6. The summed E-state index contributed by atoms with van der Waals surface area (Å²) in [5, 5.41) is 1.21. The highest BCUT2D eigenvalue weighted by Gasteiger charge is 2.24. The summed E-state index contributed by atoms with van der Waals surface area (Å²) in [4.78, 5) is 16.7. The molecule has 0 bridgehead atoms. The molecule has 0 radical (unpaired) electrons. The van der Waals surface area contributed by atoms with Gasteiger partial charge >= 0.3 is 0 Å². The molecule has 1 aliphatic heterocycles. The molecule has 1 fully saturated rings. The fourth-order valence-electron chi connectivity index (χ4n) is 2.67. The largest absolute Gasteiger partial charge is 0.368 e. The van der Waals surface area contributed by atoms with Crippen LogP contribution in [0.4, 0.5) is 5.69 Å². The van der Waals surface area contributed by atoms with E-state index in [0.717, 1.165) is 28.3 Å². The van der Waals surface area contributed by atoms with Gasteiger partial charge in [-0.3, -0.25) is 4.79 Å². The number of benzene rings is 2. The molecule has 23 heavy (non-hydrogen) atoms. The van der Waals surface area contributed by atoms with E-state index in [9.17, 15) is 4.79 Å². The Balaban J connectivity index is 1.69. The number of amides is 1. The van der Waals surface area contributed by atoms with Gasteiger partial charge in [0, 0.05) is 41.4 Å². The molecule has 2 aromatic rings. The Morgan fingerprint density at radius 2 is 1.74 bits per heavy atom. The number of halogens is 3. The van der Waals surface area contributed by atoms with Crippen LogP contribution in [0.1, 0.15) is 10.4 Å². The van der Waals surface area contributed by atoms with Crippen LogP contribution in [0, 0.1) is 0 Å². The molecule has 0 spiro atoms. The zero-order valence-corrected chi connectivity index (χ0v) is 15.4. The van der Waals surface area contributed by atoms with Crippen molar-refractivity contribution in [2.75, 3.05) is 31.1 Å². The lowest BCUT2D eigenvalue weighted by Crippen LogP contribution is -2.48. The van der Waals surface area contributed by atoms with E-state index in [1.54, 1.807) is 12.1 Å². The molecule has 3 rings (SSSR count). The topological polar surface area (TPSA) is 23.6 Å². The fourth-order valence-corrected chi connectivity index (χ4v) is 3.42. The van der Waals surface area contributed by atoms with Crippen LogP contribution in [0.15, 0.2) is 46.9 Å². The van der Waals surface area contributed by atoms with Gasteiger partial charge in [0.2, 0.25) is 0 Å². The van der Waals surface area contributed by atoms with Gasteiger partial charge < -0.3 is 9.80 Å². The van der Waals surface area contributed by atoms with Crippen LogP contribution in [0.2, 0.25) is 10.0 Å². The Labute approximate surface area is 153 Å². The van der Waals surface area contributed by atoms with Crippen molar-refractivity contribution < 1.29 is 4.79 Å². The SMILES string of the molecule is O=C(c1cc(Br)ccc1Cl)N1CCN(c2cccc(Cl)c2)CC1. The van der Waals surface area contributed by atoms with Crippen molar-refractivity contribution in [2.45, 2.75) is 0 Å². The van der Waals surface area contributed by atoms with Crippen molar-refractivity contribution in [1.29, 1.82) is 0 Å². The molecular weight excluding hydrogens is 399 g/mol. The minimum atomic E-state index is -0.0259. The van der Waals surface area contributed by atoms with Crippen LogP contribution >= 0.6 is 39.1 Å². The average Bonchev–Trinajstić information content (AvgIpc) is 2.56. The third kappa shape index (κ3) is 3.82. The molecule has 2 aromatic carbocycles. The van der Waals surface area contributed by atoms with Crippen LogP contribution in [-0.4, -0.2) is 37.0 Å². The van der Waals surface area contributed by atoms with Crippen molar-refractivity contribution in [1.82, 2.24) is 4.90 Å². The highest BCUT2D eigenvalue weighted by atomic mass is 79.9. The third-order valence-corrected chi connectivity index (χ3v) is 4.96. The summed E-state index contributed by atoms with van der Waals surface area (Å²) in [6, 6.07) is 13.1. The van der Waals surface area contributed by atoms with Gasteiger partial charge in [0.1, 0.15) is 0 Å². The zero-order chi connectivity index (χ0) is 16.4. The van der Waals surface area contributed by atoms with Crippen molar-refractivity contribution in [3.8, 4) is 0 Å². The van der Waals surface area contributed by atoms with Gasteiger partial charge in [-0.25, -0.2) is 0 Å². The molecule has 0 unspecified atom stereocenters. The number of rotatable bonds is 2. The van der Waals surface area contributed by atoms with E-state index in [4.69, 9.17) is 23.2 Å². The first-order valence-electron chi connectivity index (χ1n) is 7.29. The second-order valence-corrected chi connectivity index (χ2v) is 7.14. The molecule has 6 heteroatoms. The van der Waals surface area contributed by atoms with E-state index < -0.39 is 0 Å². The number of carbonyl (C=O) groups is 1. The molecule has 1 aliphatic rings. The van der Waals surface area contributed by atoms with Crippen molar-refractivity contribution in [2.24, 2.45) is 0 Å². The van der Waals surface area contributed by atoms with E-state index >= 15 is 0 Å². The molecule has 120 valence electrons. The fraction of sp³-hybridized carbons (Fsp3) is 0.235. The van der Waals surface area contributed by atoms with Crippen LogP contribution in [0.5, 0.6) is 0 Å². The normalized spacial score (nSPS) is 14.9. The van der Waals surface area contributed by atoms with E-state index in [0.29, 0.717) is 23.7 Å². The Hall–Kier alpha value is -1.23. The van der Waals surface area contributed by atoms with E-state index in [-0.39, 0.29) is 5.91 Å². The van der Waals surface area contributed by atoms with Gasteiger partial charge in [-0.1, -0.05) is 45.2 Å². The molecule has 0 saturated carbocycles. The van der Waals surface area contributed by atoms with Crippen LogP contribution in [0.3, 0.4) is 0 Å². The highest BCUT2D eigenvalue weighted by Crippen LogP contribution is 2.24. The lowest BCUT2D eigenvalue weighted by molar-refractivity contribution is 0.0747. The lowest BCUT2D eigenvalue weighted by Gasteiger charge is -2.36. The minimum Gasteiger partial charge on any atom is -0.368 e. The molecule has 1 amide bonds. The Bertz CT molecular complexity index is 730. The number of nitrogens with zero attached hydrogens (tertiary/aromatic N) is 2. The third-order valence-electron chi connectivity index (χ3n) is 3.90. The molecule has 0 aliphatic carbocycles. The van der Waals surface area contributed by atoms with Crippen molar-refractivity contribution in [3.05, 3.63) is 62.5 Å². The molecule has 0 atom stereocenters. The first-order valence-corrected chi connectivity index (χ1v) is 8.84. The van der Waals surface area contributed by atoms with E-state index in [2.05, 4.69) is 20.8 Å². The summed E-state index contributed by atoms with van der Waals surface area (Å²) in [5.74, 6) is -0.0259. The average molecular weight is 414 g/mol. The van der Waals surface area contributed by atoms with Gasteiger partial charge in [-0.2, -0.15) is 0 Å². The second-order valence-electron chi connectivity index (χ2n) is 5.38. The maximum absolute atomic E-state index is 12.7.